The molecule has 3 N–H and O–H groups in total. The lowest BCUT2D eigenvalue weighted by Gasteiger charge is -1.93. The van der Waals surface area contributed by atoms with Gasteiger partial charge >= 0.3 is 0 Å². The number of aromatic amines is 1. The summed E-state index contributed by atoms with van der Waals surface area (Å²) in [5, 5.41) is 0. The fraction of sp³-hybridized carbons (Fsp3) is 0.308. The maximum atomic E-state index is 5.27. The molecule has 16 heavy (non-hydrogen) atoms. The normalized spacial score (nSPS) is 9.44. The third kappa shape index (κ3) is 4.28. The molecule has 3 heteroatoms. The molecule has 0 radical (unpaired) electrons. The summed E-state index contributed by atoms with van der Waals surface area (Å²) in [7, 11) is 0. The van der Waals surface area contributed by atoms with Crippen molar-refractivity contribution in [3.05, 3.63) is 53.6 Å². The molecule has 1 heterocycles. The zero-order chi connectivity index (χ0) is 11.8. The molecule has 0 bridgehead atoms. The summed E-state index contributed by atoms with van der Waals surface area (Å²) < 4.78 is 0. The minimum absolute atomic E-state index is 0.683. The molecule has 0 saturated heterocycles. The van der Waals surface area contributed by atoms with Crippen molar-refractivity contribution < 1.29 is 0 Å². The minimum Gasteiger partial charge on any atom is -0.348 e. The number of hydrogen-bond donors (Lipinski definition) is 2. The number of aromatic nitrogens is 2. The molecule has 0 unspecified atom stereocenters. The first-order valence-corrected chi connectivity index (χ1v) is 5.43. The zero-order valence-electron chi connectivity index (χ0n) is 9.90. The fourth-order valence-corrected chi connectivity index (χ4v) is 1.24. The van der Waals surface area contributed by atoms with Gasteiger partial charge in [0.05, 0.1) is 6.33 Å². The summed E-state index contributed by atoms with van der Waals surface area (Å²) in [5.74, 6) is 0. The molecule has 86 valence electrons. The Hall–Kier alpha value is -1.61. The second-order valence-corrected chi connectivity index (χ2v) is 3.70. The van der Waals surface area contributed by atoms with E-state index in [-0.39, 0.29) is 0 Å². The van der Waals surface area contributed by atoms with Crippen molar-refractivity contribution in [1.82, 2.24) is 9.97 Å². The molecule has 0 aliphatic heterocycles. The van der Waals surface area contributed by atoms with E-state index in [2.05, 4.69) is 48.1 Å². The molecule has 2 rings (SSSR count). The lowest BCUT2D eigenvalue weighted by atomic mass is 10.1. The second-order valence-electron chi connectivity index (χ2n) is 3.70. The van der Waals surface area contributed by atoms with E-state index in [4.69, 9.17) is 5.73 Å². The standard InChI is InChI=1S/C8H10.C5H9N3/c1-7-5-3-4-6-8(7)2;6-2-1-5-3-7-4-8-5/h3-6H,1-2H3;3-4H,1-2,6H2,(H,7,8). The van der Waals surface area contributed by atoms with Crippen LogP contribution in [0.5, 0.6) is 0 Å². The van der Waals surface area contributed by atoms with Gasteiger partial charge in [0.25, 0.3) is 0 Å². The largest absolute Gasteiger partial charge is 0.348 e. The zero-order valence-corrected chi connectivity index (χ0v) is 9.90. The van der Waals surface area contributed by atoms with Crippen LogP contribution < -0.4 is 5.73 Å². The topological polar surface area (TPSA) is 54.7 Å². The molecular formula is C13H19N3. The highest BCUT2D eigenvalue weighted by Crippen LogP contribution is 2.02. The number of imidazole rings is 1. The van der Waals surface area contributed by atoms with Crippen LogP contribution in [0.2, 0.25) is 0 Å². The van der Waals surface area contributed by atoms with Gasteiger partial charge in [-0.2, -0.15) is 0 Å². The van der Waals surface area contributed by atoms with Crippen molar-refractivity contribution in [3.8, 4) is 0 Å². The Bertz CT molecular complexity index is 372. The first kappa shape index (κ1) is 12.5. The van der Waals surface area contributed by atoms with Gasteiger partial charge in [-0.15, -0.1) is 0 Å². The Kier molecular flexibility index (Phi) is 5.29. The SMILES string of the molecule is Cc1ccccc1C.NCCc1cnc[nH]1. The van der Waals surface area contributed by atoms with E-state index < -0.39 is 0 Å². The smallest absolute Gasteiger partial charge is 0.0921 e. The highest BCUT2D eigenvalue weighted by Gasteiger charge is 1.87. The summed E-state index contributed by atoms with van der Waals surface area (Å²) >= 11 is 0. The molecule has 0 amide bonds. The van der Waals surface area contributed by atoms with Gasteiger partial charge in [-0.25, -0.2) is 4.98 Å². The molecular weight excluding hydrogens is 198 g/mol. The molecule has 0 saturated carbocycles. The molecule has 0 atom stereocenters. The summed E-state index contributed by atoms with van der Waals surface area (Å²) in [6, 6.07) is 8.36. The predicted molar refractivity (Wildman–Crippen MR) is 67.3 cm³/mol. The van der Waals surface area contributed by atoms with E-state index in [0.29, 0.717) is 6.54 Å². The number of nitrogens with zero attached hydrogens (tertiary/aromatic N) is 1. The summed E-state index contributed by atoms with van der Waals surface area (Å²) in [4.78, 5) is 6.78. The van der Waals surface area contributed by atoms with Crippen LogP contribution in [0, 0.1) is 13.8 Å². The predicted octanol–water partition coefficient (Wildman–Crippen LogP) is 2.21. The van der Waals surface area contributed by atoms with Gasteiger partial charge in [-0.1, -0.05) is 24.3 Å². The molecule has 0 spiro atoms. The average Bonchev–Trinajstić information content (AvgIpc) is 2.77. The van der Waals surface area contributed by atoms with Crippen molar-refractivity contribution >= 4 is 0 Å². The summed E-state index contributed by atoms with van der Waals surface area (Å²) in [5.41, 5.74) is 9.11. The van der Waals surface area contributed by atoms with Crippen molar-refractivity contribution in [2.24, 2.45) is 5.73 Å². The van der Waals surface area contributed by atoms with E-state index in [1.165, 1.54) is 11.1 Å². The van der Waals surface area contributed by atoms with Gasteiger partial charge in [0.2, 0.25) is 0 Å². The van der Waals surface area contributed by atoms with E-state index in [1.54, 1.807) is 12.5 Å². The number of nitrogens with two attached hydrogens (primary N) is 1. The molecule has 3 nitrogen and oxygen atoms in total. The molecule has 0 fully saturated rings. The fourth-order valence-electron chi connectivity index (χ4n) is 1.24. The van der Waals surface area contributed by atoms with E-state index in [0.717, 1.165) is 12.1 Å². The lowest BCUT2D eigenvalue weighted by Crippen LogP contribution is -2.02. The van der Waals surface area contributed by atoms with Crippen LogP contribution in [0.4, 0.5) is 0 Å². The highest BCUT2D eigenvalue weighted by atomic mass is 14.9. The van der Waals surface area contributed by atoms with Crippen molar-refractivity contribution in [3.63, 3.8) is 0 Å². The molecule has 0 aliphatic rings. The van der Waals surface area contributed by atoms with Crippen molar-refractivity contribution in [2.45, 2.75) is 20.3 Å². The average molecular weight is 217 g/mol. The Morgan fingerprint density at radius 2 is 1.81 bits per heavy atom. The molecule has 0 aliphatic carbocycles. The van der Waals surface area contributed by atoms with Crippen LogP contribution >= 0.6 is 0 Å². The Morgan fingerprint density at radius 3 is 2.19 bits per heavy atom. The van der Waals surface area contributed by atoms with Gasteiger partial charge in [0.15, 0.2) is 0 Å². The Balaban J connectivity index is 0.000000160. The van der Waals surface area contributed by atoms with Crippen LogP contribution in [0.3, 0.4) is 0 Å². The molecule has 1 aromatic carbocycles. The van der Waals surface area contributed by atoms with E-state index in [1.807, 2.05) is 0 Å². The number of aryl methyl sites for hydroxylation is 2. The van der Waals surface area contributed by atoms with Crippen LogP contribution in [-0.2, 0) is 6.42 Å². The number of nitrogens with one attached hydrogen (secondary N) is 1. The van der Waals surface area contributed by atoms with E-state index in [9.17, 15) is 0 Å². The first-order chi connectivity index (χ1) is 7.74. The highest BCUT2D eigenvalue weighted by molar-refractivity contribution is 5.23. The Labute approximate surface area is 96.7 Å². The van der Waals surface area contributed by atoms with E-state index >= 15 is 0 Å². The lowest BCUT2D eigenvalue weighted by molar-refractivity contribution is 0.935. The second kappa shape index (κ2) is 6.80. The van der Waals surface area contributed by atoms with Gasteiger partial charge in [-0.05, 0) is 31.5 Å². The van der Waals surface area contributed by atoms with Crippen LogP contribution in [-0.4, -0.2) is 16.5 Å². The van der Waals surface area contributed by atoms with Gasteiger partial charge in [0, 0.05) is 18.3 Å². The van der Waals surface area contributed by atoms with Crippen molar-refractivity contribution in [2.75, 3.05) is 6.54 Å². The maximum absolute atomic E-state index is 5.27. The van der Waals surface area contributed by atoms with Gasteiger partial charge < -0.3 is 10.7 Å². The number of hydrogen-bond acceptors (Lipinski definition) is 2. The number of rotatable bonds is 2. The Morgan fingerprint density at radius 1 is 1.19 bits per heavy atom. The van der Waals surface area contributed by atoms with Crippen LogP contribution in [0.15, 0.2) is 36.8 Å². The van der Waals surface area contributed by atoms with Crippen molar-refractivity contribution in [1.29, 1.82) is 0 Å². The summed E-state index contributed by atoms with van der Waals surface area (Å²) in [6.45, 7) is 4.92. The number of benzene rings is 1. The minimum atomic E-state index is 0.683. The first-order valence-electron chi connectivity index (χ1n) is 5.43. The molecule has 2 aromatic rings. The third-order valence-corrected chi connectivity index (χ3v) is 2.39. The monoisotopic (exact) mass is 217 g/mol. The quantitative estimate of drug-likeness (QED) is 0.810. The van der Waals surface area contributed by atoms with Gasteiger partial charge in [-0.3, -0.25) is 0 Å². The maximum Gasteiger partial charge on any atom is 0.0921 e. The van der Waals surface area contributed by atoms with Gasteiger partial charge in [0.1, 0.15) is 0 Å². The molecule has 1 aromatic heterocycles. The number of H-pyrrole nitrogens is 1. The van der Waals surface area contributed by atoms with Crippen LogP contribution in [0.25, 0.3) is 0 Å². The summed E-state index contributed by atoms with van der Waals surface area (Å²) in [6.07, 6.45) is 4.33. The van der Waals surface area contributed by atoms with Crippen LogP contribution in [0.1, 0.15) is 16.8 Å². The third-order valence-electron chi connectivity index (χ3n) is 2.39.